The van der Waals surface area contributed by atoms with E-state index in [9.17, 15) is 22.0 Å². The van der Waals surface area contributed by atoms with Gasteiger partial charge < -0.3 is 14.0 Å². The Morgan fingerprint density at radius 1 is 1.09 bits per heavy atom. The SMILES string of the molecule is [2H]C([2H])([2H])C([2H])([2H])Oc1cc(=O)n(C)cc1-c1cc(NS(=O)(=O)CC)ccc1Oc1ccc(F)cc1F. The molecule has 3 rings (SSSR count). The number of nitrogens with zero attached hydrogens (tertiary/aromatic N) is 1. The molecule has 0 radical (unpaired) electrons. The number of sulfonamides is 1. The van der Waals surface area contributed by atoms with E-state index < -0.39 is 52.1 Å². The minimum Gasteiger partial charge on any atom is -0.493 e. The Balaban J connectivity index is 2.26. The highest BCUT2D eigenvalue weighted by Gasteiger charge is 2.18. The first-order valence-corrected chi connectivity index (χ1v) is 10.9. The van der Waals surface area contributed by atoms with Crippen LogP contribution in [0.25, 0.3) is 11.1 Å². The third kappa shape index (κ3) is 5.25. The molecule has 0 saturated heterocycles. The number of pyridine rings is 1. The molecule has 3 aromatic rings. The van der Waals surface area contributed by atoms with Crippen LogP contribution in [0.15, 0.2) is 53.5 Å². The van der Waals surface area contributed by atoms with Gasteiger partial charge in [-0.1, -0.05) is 0 Å². The van der Waals surface area contributed by atoms with Gasteiger partial charge in [-0.05, 0) is 44.1 Å². The van der Waals surface area contributed by atoms with E-state index in [1.165, 1.54) is 38.4 Å². The molecule has 0 aliphatic heterocycles. The number of ether oxygens (including phenoxy) is 2. The minimum absolute atomic E-state index is 0.0213. The molecule has 0 amide bonds. The molecule has 0 spiro atoms. The van der Waals surface area contributed by atoms with Gasteiger partial charge >= 0.3 is 0 Å². The summed E-state index contributed by atoms with van der Waals surface area (Å²) in [6, 6.07) is 7.23. The predicted octanol–water partition coefficient (Wildman–Crippen LogP) is 4.28. The van der Waals surface area contributed by atoms with Gasteiger partial charge in [0.05, 0.1) is 15.1 Å². The number of anilines is 1. The van der Waals surface area contributed by atoms with E-state index >= 15 is 0 Å². The van der Waals surface area contributed by atoms with Crippen LogP contribution in [0.4, 0.5) is 14.5 Å². The number of rotatable bonds is 8. The lowest BCUT2D eigenvalue weighted by molar-refractivity contribution is 0.340. The molecule has 0 unspecified atom stereocenters. The summed E-state index contributed by atoms with van der Waals surface area (Å²) in [5.74, 6) is -3.16. The number of hydrogen-bond donors (Lipinski definition) is 1. The van der Waals surface area contributed by atoms with Crippen molar-refractivity contribution in [3.8, 4) is 28.4 Å². The molecule has 170 valence electrons. The molecule has 32 heavy (non-hydrogen) atoms. The number of aromatic nitrogens is 1. The zero-order valence-electron chi connectivity index (χ0n) is 22.0. The normalized spacial score (nSPS) is 14.4. The molecule has 7 nitrogen and oxygen atoms in total. The van der Waals surface area contributed by atoms with Crippen LogP contribution in [0.2, 0.25) is 0 Å². The summed E-state index contributed by atoms with van der Waals surface area (Å²) in [7, 11) is -2.38. The summed E-state index contributed by atoms with van der Waals surface area (Å²) < 4.78 is 104. The van der Waals surface area contributed by atoms with Crippen LogP contribution in [0, 0.1) is 11.6 Å². The van der Waals surface area contributed by atoms with Gasteiger partial charge in [0.25, 0.3) is 5.56 Å². The Hall–Kier alpha value is -3.40. The average Bonchev–Trinajstić information content (AvgIpc) is 2.78. The summed E-state index contributed by atoms with van der Waals surface area (Å²) in [5.41, 5.74) is -0.741. The van der Waals surface area contributed by atoms with Gasteiger partial charge in [0.2, 0.25) is 10.0 Å². The maximum Gasteiger partial charge on any atom is 0.254 e. The second-order valence-corrected chi connectivity index (χ2v) is 8.61. The summed E-state index contributed by atoms with van der Waals surface area (Å²) in [6.45, 7) is -5.05. The van der Waals surface area contributed by atoms with Crippen molar-refractivity contribution in [1.82, 2.24) is 4.57 Å². The zero-order chi connectivity index (χ0) is 27.8. The summed E-state index contributed by atoms with van der Waals surface area (Å²) in [5, 5.41) is 0. The molecule has 0 fully saturated rings. The number of halogens is 2. The highest BCUT2D eigenvalue weighted by molar-refractivity contribution is 7.92. The third-order valence-corrected chi connectivity index (χ3v) is 5.70. The largest absolute Gasteiger partial charge is 0.493 e. The van der Waals surface area contributed by atoms with Crippen LogP contribution in [-0.2, 0) is 17.1 Å². The van der Waals surface area contributed by atoms with Gasteiger partial charge in [-0.15, -0.1) is 0 Å². The first-order valence-electron chi connectivity index (χ1n) is 11.7. The molecule has 1 heterocycles. The molecule has 0 bridgehead atoms. The van der Waals surface area contributed by atoms with E-state index in [0.29, 0.717) is 6.07 Å². The Morgan fingerprint density at radius 3 is 2.53 bits per heavy atom. The van der Waals surface area contributed by atoms with Gasteiger partial charge in [0.15, 0.2) is 11.6 Å². The lowest BCUT2D eigenvalue weighted by Gasteiger charge is -2.17. The van der Waals surface area contributed by atoms with E-state index in [1.54, 1.807) is 0 Å². The van der Waals surface area contributed by atoms with Crippen LogP contribution in [0.5, 0.6) is 17.2 Å². The number of benzene rings is 2. The smallest absolute Gasteiger partial charge is 0.254 e. The van der Waals surface area contributed by atoms with Crippen molar-refractivity contribution in [2.45, 2.75) is 13.8 Å². The van der Waals surface area contributed by atoms with Crippen molar-refractivity contribution in [1.29, 1.82) is 0 Å². The average molecular weight is 470 g/mol. The second-order valence-electron chi connectivity index (χ2n) is 6.60. The molecule has 0 aliphatic rings. The molecule has 1 N–H and O–H groups in total. The molecule has 0 aliphatic carbocycles. The first-order chi connectivity index (χ1) is 17.0. The zero-order valence-corrected chi connectivity index (χ0v) is 17.8. The topological polar surface area (TPSA) is 86.6 Å². The van der Waals surface area contributed by atoms with Crippen molar-refractivity contribution in [3.05, 3.63) is 70.6 Å². The fourth-order valence-corrected chi connectivity index (χ4v) is 3.41. The maximum atomic E-state index is 14.3. The van der Waals surface area contributed by atoms with Crippen molar-refractivity contribution >= 4 is 15.7 Å². The van der Waals surface area contributed by atoms with Gasteiger partial charge in [0.1, 0.15) is 17.3 Å². The van der Waals surface area contributed by atoms with E-state index in [0.717, 1.165) is 22.8 Å². The van der Waals surface area contributed by atoms with E-state index in [-0.39, 0.29) is 28.3 Å². The molecule has 0 atom stereocenters. The van der Waals surface area contributed by atoms with Gasteiger partial charge in [-0.2, -0.15) is 0 Å². The van der Waals surface area contributed by atoms with E-state index in [1.807, 2.05) is 0 Å². The Labute approximate surface area is 191 Å². The molecule has 2 aromatic carbocycles. The summed E-state index contributed by atoms with van der Waals surface area (Å²) in [4.78, 5) is 12.3. The van der Waals surface area contributed by atoms with Crippen LogP contribution in [-0.4, -0.2) is 25.3 Å². The lowest BCUT2D eigenvalue weighted by Crippen LogP contribution is -2.16. The Morgan fingerprint density at radius 2 is 1.84 bits per heavy atom. The predicted molar refractivity (Wildman–Crippen MR) is 118 cm³/mol. The highest BCUT2D eigenvalue weighted by Crippen LogP contribution is 2.40. The number of hydrogen-bond acceptors (Lipinski definition) is 5. The van der Waals surface area contributed by atoms with Crippen molar-refractivity contribution in [2.24, 2.45) is 7.05 Å². The van der Waals surface area contributed by atoms with Crippen molar-refractivity contribution in [2.75, 3.05) is 17.0 Å². The minimum atomic E-state index is -3.74. The van der Waals surface area contributed by atoms with Crippen LogP contribution >= 0.6 is 0 Å². The standard InChI is InChI=1S/C22H22F2N2O5S/c1-4-30-21-12-22(27)26(3)13-17(21)16-11-15(25-32(28,29)5-2)7-9-19(16)31-20-8-6-14(23)10-18(20)24/h6-13,25H,4-5H2,1-3H3/i1D3,4D2. The van der Waals surface area contributed by atoms with Crippen molar-refractivity contribution < 1.29 is 33.5 Å². The Kier molecular flexibility index (Phi) is 5.05. The van der Waals surface area contributed by atoms with Gasteiger partial charge in [-0.3, -0.25) is 9.52 Å². The molecule has 0 saturated carbocycles. The maximum absolute atomic E-state index is 14.3. The third-order valence-electron chi connectivity index (χ3n) is 4.39. The molecule has 10 heteroatoms. The first kappa shape index (κ1) is 17.2. The van der Waals surface area contributed by atoms with Gasteiger partial charge in [-0.25, -0.2) is 17.2 Å². The summed E-state index contributed by atoms with van der Waals surface area (Å²) in [6.07, 6.45) is 1.19. The van der Waals surface area contributed by atoms with Crippen LogP contribution < -0.4 is 19.8 Å². The van der Waals surface area contributed by atoms with Crippen LogP contribution in [0.1, 0.15) is 20.6 Å². The molecular formula is C22H22F2N2O5S. The number of nitrogens with one attached hydrogen (secondary N) is 1. The molecule has 1 aromatic heterocycles. The van der Waals surface area contributed by atoms with Crippen molar-refractivity contribution in [3.63, 3.8) is 0 Å². The summed E-state index contributed by atoms with van der Waals surface area (Å²) >= 11 is 0. The Bertz CT molecular complexity index is 1490. The highest BCUT2D eigenvalue weighted by atomic mass is 32.2. The second kappa shape index (κ2) is 9.39. The van der Waals surface area contributed by atoms with E-state index in [2.05, 4.69) is 4.72 Å². The monoisotopic (exact) mass is 469 g/mol. The number of aryl methyl sites for hydroxylation is 1. The fourth-order valence-electron chi connectivity index (χ4n) is 2.78. The van der Waals surface area contributed by atoms with E-state index in [4.69, 9.17) is 16.3 Å². The quantitative estimate of drug-likeness (QED) is 0.532. The lowest BCUT2D eigenvalue weighted by atomic mass is 10.0. The molecular weight excluding hydrogens is 442 g/mol. The fraction of sp³-hybridized carbons (Fsp3) is 0.227. The van der Waals surface area contributed by atoms with Crippen LogP contribution in [0.3, 0.4) is 0 Å². The van der Waals surface area contributed by atoms with Gasteiger partial charge in [0, 0.05) is 46.3 Å².